The van der Waals surface area contributed by atoms with Crippen molar-refractivity contribution >= 4 is 22.9 Å². The van der Waals surface area contributed by atoms with E-state index in [0.29, 0.717) is 11.3 Å². The summed E-state index contributed by atoms with van der Waals surface area (Å²) in [7, 11) is 1.30. The molecule has 0 N–H and O–H groups in total. The SMILES string of the molecule is COC(=O)/C=C/c1nn(Cc2ccc(F)cc2F)c2cc(C)ccc12. The Hall–Kier alpha value is -3.02. The number of benzene rings is 2. The fraction of sp³-hybridized carbons (Fsp3) is 0.158. The van der Waals surface area contributed by atoms with E-state index in [4.69, 9.17) is 0 Å². The number of esters is 1. The van der Waals surface area contributed by atoms with Gasteiger partial charge < -0.3 is 4.74 Å². The van der Waals surface area contributed by atoms with Gasteiger partial charge in [-0.3, -0.25) is 4.68 Å². The van der Waals surface area contributed by atoms with Gasteiger partial charge in [-0.2, -0.15) is 5.10 Å². The molecule has 25 heavy (non-hydrogen) atoms. The van der Waals surface area contributed by atoms with E-state index in [0.717, 1.165) is 22.5 Å². The van der Waals surface area contributed by atoms with Gasteiger partial charge in [0.1, 0.15) is 11.6 Å². The Kier molecular flexibility index (Phi) is 4.61. The number of hydrogen-bond acceptors (Lipinski definition) is 3. The molecule has 128 valence electrons. The van der Waals surface area contributed by atoms with Crippen LogP contribution >= 0.6 is 0 Å². The molecule has 0 radical (unpaired) electrons. The van der Waals surface area contributed by atoms with E-state index >= 15 is 0 Å². The van der Waals surface area contributed by atoms with Crippen LogP contribution in [0.4, 0.5) is 8.78 Å². The molecule has 0 saturated heterocycles. The molecule has 3 rings (SSSR count). The second-order valence-corrected chi connectivity index (χ2v) is 5.66. The molecule has 0 amide bonds. The predicted octanol–water partition coefficient (Wildman–Crippen LogP) is 3.86. The van der Waals surface area contributed by atoms with Crippen LogP contribution in [0.25, 0.3) is 17.0 Å². The zero-order valence-corrected chi connectivity index (χ0v) is 13.8. The molecule has 0 aliphatic heterocycles. The first-order valence-corrected chi connectivity index (χ1v) is 7.65. The van der Waals surface area contributed by atoms with Crippen molar-refractivity contribution in [2.24, 2.45) is 0 Å². The van der Waals surface area contributed by atoms with Crippen molar-refractivity contribution in [3.63, 3.8) is 0 Å². The van der Waals surface area contributed by atoms with Crippen molar-refractivity contribution < 1.29 is 18.3 Å². The Morgan fingerprint density at radius 3 is 2.76 bits per heavy atom. The lowest BCUT2D eigenvalue weighted by Gasteiger charge is -2.06. The quantitative estimate of drug-likeness (QED) is 0.534. The maximum Gasteiger partial charge on any atom is 0.330 e. The van der Waals surface area contributed by atoms with Gasteiger partial charge in [0.2, 0.25) is 0 Å². The monoisotopic (exact) mass is 342 g/mol. The fourth-order valence-electron chi connectivity index (χ4n) is 2.58. The van der Waals surface area contributed by atoms with E-state index in [1.807, 2.05) is 25.1 Å². The highest BCUT2D eigenvalue weighted by Gasteiger charge is 2.12. The van der Waals surface area contributed by atoms with Crippen LogP contribution in [0.2, 0.25) is 0 Å². The Labute approximate surface area is 143 Å². The number of halogens is 2. The summed E-state index contributed by atoms with van der Waals surface area (Å²) in [4.78, 5) is 11.3. The number of methoxy groups -OCH3 is 1. The maximum absolute atomic E-state index is 14.0. The van der Waals surface area contributed by atoms with Crippen LogP contribution in [-0.2, 0) is 16.1 Å². The number of aryl methyl sites for hydroxylation is 1. The lowest BCUT2D eigenvalue weighted by atomic mass is 10.1. The average Bonchev–Trinajstić information content (AvgIpc) is 2.92. The van der Waals surface area contributed by atoms with Crippen LogP contribution in [0.15, 0.2) is 42.5 Å². The molecular formula is C19H16F2N2O2. The molecule has 2 aromatic carbocycles. The molecule has 0 bridgehead atoms. The summed E-state index contributed by atoms with van der Waals surface area (Å²) < 4.78 is 33.3. The molecular weight excluding hydrogens is 326 g/mol. The van der Waals surface area contributed by atoms with Crippen molar-refractivity contribution in [3.8, 4) is 0 Å². The molecule has 1 heterocycles. The first kappa shape index (κ1) is 16.8. The second-order valence-electron chi connectivity index (χ2n) is 5.66. The lowest BCUT2D eigenvalue weighted by molar-refractivity contribution is -0.134. The van der Waals surface area contributed by atoms with E-state index in [1.54, 1.807) is 10.8 Å². The number of hydrogen-bond donors (Lipinski definition) is 0. The van der Waals surface area contributed by atoms with Crippen LogP contribution in [0.5, 0.6) is 0 Å². The topological polar surface area (TPSA) is 44.1 Å². The summed E-state index contributed by atoms with van der Waals surface area (Å²) in [6.45, 7) is 2.09. The minimum Gasteiger partial charge on any atom is -0.466 e. The van der Waals surface area contributed by atoms with Gasteiger partial charge in [0, 0.05) is 23.1 Å². The largest absolute Gasteiger partial charge is 0.466 e. The van der Waals surface area contributed by atoms with Gasteiger partial charge in [-0.25, -0.2) is 13.6 Å². The van der Waals surface area contributed by atoms with Gasteiger partial charge in [-0.1, -0.05) is 18.2 Å². The molecule has 3 aromatic rings. The minimum atomic E-state index is -0.622. The van der Waals surface area contributed by atoms with E-state index in [-0.39, 0.29) is 6.54 Å². The van der Waals surface area contributed by atoms with E-state index in [1.165, 1.54) is 25.3 Å². The first-order chi connectivity index (χ1) is 12.0. The third-order valence-corrected chi connectivity index (χ3v) is 3.85. The molecule has 6 heteroatoms. The molecule has 4 nitrogen and oxygen atoms in total. The maximum atomic E-state index is 14.0. The standard InChI is InChI=1S/C19H16F2N2O2/c1-12-3-6-15-17(7-8-19(24)25-2)22-23(18(15)9-12)11-13-4-5-14(20)10-16(13)21/h3-10H,11H2,1-2H3/b8-7+. The minimum absolute atomic E-state index is 0.151. The number of rotatable bonds is 4. The molecule has 0 aliphatic rings. The Balaban J connectivity index is 2.06. The third kappa shape index (κ3) is 3.57. The van der Waals surface area contributed by atoms with Gasteiger partial charge in [-0.15, -0.1) is 0 Å². The summed E-state index contributed by atoms with van der Waals surface area (Å²) >= 11 is 0. The van der Waals surface area contributed by atoms with Crippen LogP contribution < -0.4 is 0 Å². The van der Waals surface area contributed by atoms with Gasteiger partial charge >= 0.3 is 5.97 Å². The van der Waals surface area contributed by atoms with E-state index < -0.39 is 17.6 Å². The smallest absolute Gasteiger partial charge is 0.330 e. The van der Waals surface area contributed by atoms with Crippen molar-refractivity contribution in [3.05, 3.63) is 70.9 Å². The van der Waals surface area contributed by atoms with E-state index in [2.05, 4.69) is 9.84 Å². The normalized spacial score (nSPS) is 11.4. The number of ether oxygens (including phenoxy) is 1. The number of fused-ring (bicyclic) bond motifs is 1. The first-order valence-electron chi connectivity index (χ1n) is 7.65. The zero-order chi connectivity index (χ0) is 18.0. The second kappa shape index (κ2) is 6.84. The van der Waals surface area contributed by atoms with Crippen LogP contribution in [0.1, 0.15) is 16.8 Å². The van der Waals surface area contributed by atoms with Crippen molar-refractivity contribution in [2.75, 3.05) is 7.11 Å². The van der Waals surface area contributed by atoms with Crippen LogP contribution in [0, 0.1) is 18.6 Å². The number of nitrogens with zero attached hydrogens (tertiary/aromatic N) is 2. The Bertz CT molecular complexity index is 977. The van der Waals surface area contributed by atoms with Gasteiger partial charge in [-0.05, 0) is 30.7 Å². The van der Waals surface area contributed by atoms with Crippen LogP contribution in [-0.4, -0.2) is 22.9 Å². The highest BCUT2D eigenvalue weighted by molar-refractivity contribution is 5.93. The summed E-state index contributed by atoms with van der Waals surface area (Å²) in [5, 5.41) is 5.28. The number of aromatic nitrogens is 2. The van der Waals surface area contributed by atoms with E-state index in [9.17, 15) is 13.6 Å². The summed E-state index contributed by atoms with van der Waals surface area (Å²) in [6.07, 6.45) is 2.84. The Morgan fingerprint density at radius 1 is 1.24 bits per heavy atom. The number of carbonyl (C=O) groups is 1. The van der Waals surface area contributed by atoms with Gasteiger partial charge in [0.05, 0.1) is 24.9 Å². The average molecular weight is 342 g/mol. The van der Waals surface area contributed by atoms with Crippen molar-refractivity contribution in [1.29, 1.82) is 0 Å². The molecule has 0 spiro atoms. The molecule has 0 aliphatic carbocycles. The fourth-order valence-corrected chi connectivity index (χ4v) is 2.58. The summed E-state index contributed by atoms with van der Waals surface area (Å²) in [5.74, 6) is -1.73. The Morgan fingerprint density at radius 2 is 2.04 bits per heavy atom. The molecule has 0 fully saturated rings. The third-order valence-electron chi connectivity index (χ3n) is 3.85. The van der Waals surface area contributed by atoms with Gasteiger partial charge in [0.25, 0.3) is 0 Å². The zero-order valence-electron chi connectivity index (χ0n) is 13.8. The number of carbonyl (C=O) groups excluding carboxylic acids is 1. The summed E-state index contributed by atoms with van der Waals surface area (Å²) in [6, 6.07) is 9.23. The summed E-state index contributed by atoms with van der Waals surface area (Å²) in [5.41, 5.74) is 2.73. The molecule has 0 saturated carbocycles. The lowest BCUT2D eigenvalue weighted by Crippen LogP contribution is -2.04. The van der Waals surface area contributed by atoms with Gasteiger partial charge in [0.15, 0.2) is 0 Å². The molecule has 0 unspecified atom stereocenters. The molecule has 1 aromatic heterocycles. The van der Waals surface area contributed by atoms with Crippen molar-refractivity contribution in [1.82, 2.24) is 9.78 Å². The highest BCUT2D eigenvalue weighted by atomic mass is 19.1. The molecule has 0 atom stereocenters. The van der Waals surface area contributed by atoms with Crippen LogP contribution in [0.3, 0.4) is 0 Å². The highest BCUT2D eigenvalue weighted by Crippen LogP contribution is 2.23. The van der Waals surface area contributed by atoms with Crippen molar-refractivity contribution in [2.45, 2.75) is 13.5 Å². The predicted molar refractivity (Wildman–Crippen MR) is 91.0 cm³/mol.